The zero-order chi connectivity index (χ0) is 13.3. The van der Waals surface area contributed by atoms with Gasteiger partial charge in [-0.25, -0.2) is 8.42 Å². The molecule has 0 saturated carbocycles. The van der Waals surface area contributed by atoms with E-state index in [0.717, 1.165) is 0 Å². The average Bonchev–Trinajstić information content (AvgIpc) is 2.62. The van der Waals surface area contributed by atoms with Gasteiger partial charge in [0.05, 0.1) is 5.69 Å². The number of benzene rings is 1. The van der Waals surface area contributed by atoms with Gasteiger partial charge in [0.2, 0.25) is 0 Å². The van der Waals surface area contributed by atoms with Gasteiger partial charge < -0.3 is 4.52 Å². The third kappa shape index (κ3) is 2.37. The standard InChI is InChI=1S/C11H12N2O3S2/c1-7-11(8(2)16-12-7)18(14,15)13-9-5-3-4-6-10(9)17/h3-6,13,17H,1-2H3. The van der Waals surface area contributed by atoms with Crippen molar-refractivity contribution in [3.63, 3.8) is 0 Å². The maximum Gasteiger partial charge on any atom is 0.267 e. The Morgan fingerprint density at radius 2 is 1.94 bits per heavy atom. The molecule has 0 unspecified atom stereocenters. The molecule has 0 aliphatic rings. The first-order valence-corrected chi connectivity index (χ1v) is 7.08. The van der Waals surface area contributed by atoms with E-state index in [9.17, 15) is 8.42 Å². The van der Waals surface area contributed by atoms with Gasteiger partial charge in [-0.2, -0.15) is 0 Å². The number of hydrogen-bond donors (Lipinski definition) is 2. The summed E-state index contributed by atoms with van der Waals surface area (Å²) in [4.78, 5) is 0.618. The largest absolute Gasteiger partial charge is 0.360 e. The lowest BCUT2D eigenvalue weighted by molar-refractivity contribution is 0.390. The minimum atomic E-state index is -3.71. The summed E-state index contributed by atoms with van der Waals surface area (Å²) in [6, 6.07) is 6.84. The third-order valence-electron chi connectivity index (χ3n) is 2.38. The number of rotatable bonds is 3. The molecular formula is C11H12N2O3S2. The minimum Gasteiger partial charge on any atom is -0.360 e. The second-order valence-electron chi connectivity index (χ2n) is 3.78. The van der Waals surface area contributed by atoms with Crippen LogP contribution in [0.5, 0.6) is 0 Å². The van der Waals surface area contributed by atoms with Crippen LogP contribution >= 0.6 is 12.6 Å². The molecular weight excluding hydrogens is 272 g/mol. The van der Waals surface area contributed by atoms with Gasteiger partial charge in [-0.1, -0.05) is 17.3 Å². The van der Waals surface area contributed by atoms with E-state index in [2.05, 4.69) is 22.5 Å². The van der Waals surface area contributed by atoms with Gasteiger partial charge in [-0.05, 0) is 26.0 Å². The summed E-state index contributed by atoms with van der Waals surface area (Å²) in [6.07, 6.45) is 0. The molecule has 5 nitrogen and oxygen atoms in total. The molecule has 1 aromatic heterocycles. The van der Waals surface area contributed by atoms with Crippen molar-refractivity contribution in [3.8, 4) is 0 Å². The van der Waals surface area contributed by atoms with Crippen molar-refractivity contribution in [1.82, 2.24) is 5.16 Å². The van der Waals surface area contributed by atoms with Gasteiger partial charge in [-0.3, -0.25) is 4.72 Å². The number of para-hydroxylation sites is 1. The summed E-state index contributed by atoms with van der Waals surface area (Å²) in [5.74, 6) is 0.261. The van der Waals surface area contributed by atoms with Crippen LogP contribution in [0.2, 0.25) is 0 Å². The molecule has 96 valence electrons. The number of nitrogens with one attached hydrogen (secondary N) is 1. The number of anilines is 1. The number of aryl methyl sites for hydroxylation is 2. The molecule has 0 saturated heterocycles. The van der Waals surface area contributed by atoms with E-state index in [1.165, 1.54) is 0 Å². The van der Waals surface area contributed by atoms with Crippen LogP contribution in [0.3, 0.4) is 0 Å². The second-order valence-corrected chi connectivity index (χ2v) is 5.88. The van der Waals surface area contributed by atoms with E-state index in [4.69, 9.17) is 4.52 Å². The highest BCUT2D eigenvalue weighted by molar-refractivity contribution is 7.93. The lowest BCUT2D eigenvalue weighted by atomic mass is 10.3. The van der Waals surface area contributed by atoms with Crippen LogP contribution in [-0.2, 0) is 10.0 Å². The maximum absolute atomic E-state index is 12.2. The van der Waals surface area contributed by atoms with E-state index in [1.54, 1.807) is 38.1 Å². The van der Waals surface area contributed by atoms with Crippen LogP contribution in [0.15, 0.2) is 38.6 Å². The molecule has 0 aliphatic carbocycles. The van der Waals surface area contributed by atoms with E-state index >= 15 is 0 Å². The van der Waals surface area contributed by atoms with Gasteiger partial charge in [-0.15, -0.1) is 12.6 Å². The molecule has 2 aromatic rings. The summed E-state index contributed by atoms with van der Waals surface area (Å²) in [7, 11) is -3.71. The molecule has 1 N–H and O–H groups in total. The predicted molar refractivity (Wildman–Crippen MR) is 70.5 cm³/mol. The Morgan fingerprint density at radius 3 is 2.50 bits per heavy atom. The lowest BCUT2D eigenvalue weighted by Crippen LogP contribution is -2.14. The van der Waals surface area contributed by atoms with Crippen LogP contribution in [-0.4, -0.2) is 13.6 Å². The van der Waals surface area contributed by atoms with E-state index in [1.807, 2.05) is 0 Å². The molecule has 0 bridgehead atoms. The van der Waals surface area contributed by atoms with Gasteiger partial charge >= 0.3 is 0 Å². The minimum absolute atomic E-state index is 0.0686. The zero-order valence-electron chi connectivity index (χ0n) is 9.84. The number of hydrogen-bond acceptors (Lipinski definition) is 5. The summed E-state index contributed by atoms with van der Waals surface area (Å²) in [6.45, 7) is 3.14. The van der Waals surface area contributed by atoms with Crippen LogP contribution < -0.4 is 4.72 Å². The van der Waals surface area contributed by atoms with Crippen molar-refractivity contribution in [1.29, 1.82) is 0 Å². The van der Waals surface area contributed by atoms with E-state index in [-0.39, 0.29) is 10.7 Å². The van der Waals surface area contributed by atoms with Crippen molar-refractivity contribution in [2.75, 3.05) is 4.72 Å². The highest BCUT2D eigenvalue weighted by Gasteiger charge is 2.24. The fourth-order valence-electron chi connectivity index (χ4n) is 1.61. The molecule has 2 rings (SSSR count). The Hall–Kier alpha value is -1.47. The average molecular weight is 284 g/mol. The molecule has 0 radical (unpaired) electrons. The van der Waals surface area contributed by atoms with Crippen LogP contribution in [0, 0.1) is 13.8 Å². The SMILES string of the molecule is Cc1noc(C)c1S(=O)(=O)Nc1ccccc1S. The van der Waals surface area contributed by atoms with Crippen molar-refractivity contribution < 1.29 is 12.9 Å². The summed E-state index contributed by atoms with van der Waals surface area (Å²) >= 11 is 4.19. The highest BCUT2D eigenvalue weighted by atomic mass is 32.2. The Kier molecular flexibility index (Phi) is 3.36. The fraction of sp³-hybridized carbons (Fsp3) is 0.182. The third-order valence-corrected chi connectivity index (χ3v) is 4.38. The molecule has 0 spiro atoms. The fourth-order valence-corrected chi connectivity index (χ4v) is 3.32. The summed E-state index contributed by atoms with van der Waals surface area (Å²) < 4.78 is 31.8. The number of aromatic nitrogens is 1. The van der Waals surface area contributed by atoms with Gasteiger partial charge in [0.25, 0.3) is 10.0 Å². The number of thiol groups is 1. The maximum atomic E-state index is 12.2. The molecule has 0 atom stereocenters. The second kappa shape index (κ2) is 4.66. The monoisotopic (exact) mass is 284 g/mol. The topological polar surface area (TPSA) is 72.2 Å². The lowest BCUT2D eigenvalue weighted by Gasteiger charge is -2.09. The molecule has 0 fully saturated rings. The van der Waals surface area contributed by atoms with Crippen molar-refractivity contribution in [3.05, 3.63) is 35.7 Å². The van der Waals surface area contributed by atoms with Gasteiger partial charge in [0, 0.05) is 4.90 Å². The molecule has 7 heteroatoms. The van der Waals surface area contributed by atoms with Crippen LogP contribution in [0.4, 0.5) is 5.69 Å². The molecule has 1 aromatic carbocycles. The van der Waals surface area contributed by atoms with Crippen LogP contribution in [0.1, 0.15) is 11.5 Å². The van der Waals surface area contributed by atoms with Gasteiger partial charge in [0.15, 0.2) is 10.7 Å². The Morgan fingerprint density at radius 1 is 1.28 bits per heavy atom. The van der Waals surface area contributed by atoms with Crippen LogP contribution in [0.25, 0.3) is 0 Å². The first-order valence-electron chi connectivity index (χ1n) is 5.15. The van der Waals surface area contributed by atoms with Crippen molar-refractivity contribution in [2.45, 2.75) is 23.6 Å². The molecule has 0 aliphatic heterocycles. The molecule has 1 heterocycles. The van der Waals surface area contributed by atoms with Gasteiger partial charge in [0.1, 0.15) is 5.69 Å². The quantitative estimate of drug-likeness (QED) is 0.849. The number of sulfonamides is 1. The van der Waals surface area contributed by atoms with E-state index < -0.39 is 10.0 Å². The normalized spacial score (nSPS) is 11.5. The molecule has 18 heavy (non-hydrogen) atoms. The zero-order valence-corrected chi connectivity index (χ0v) is 11.5. The summed E-state index contributed by atoms with van der Waals surface area (Å²) in [5, 5.41) is 3.63. The highest BCUT2D eigenvalue weighted by Crippen LogP contribution is 2.25. The van der Waals surface area contributed by atoms with Crippen molar-refractivity contribution in [2.24, 2.45) is 0 Å². The van der Waals surface area contributed by atoms with Crippen molar-refractivity contribution >= 4 is 28.3 Å². The Labute approximate surface area is 111 Å². The van der Waals surface area contributed by atoms with E-state index in [0.29, 0.717) is 16.3 Å². The predicted octanol–water partition coefficient (Wildman–Crippen LogP) is 2.38. The first kappa shape index (κ1) is 13.0. The Balaban J connectivity index is 2.43. The first-order chi connectivity index (χ1) is 8.42. The molecule has 0 amide bonds. The number of nitrogens with zero attached hydrogens (tertiary/aromatic N) is 1. The smallest absolute Gasteiger partial charge is 0.267 e. The Bertz CT molecular complexity index is 658. The summed E-state index contributed by atoms with van der Waals surface area (Å²) in [5.41, 5.74) is 0.748.